The third-order valence-corrected chi connectivity index (χ3v) is 5.80. The molecule has 28 heavy (non-hydrogen) atoms. The van der Waals surface area contributed by atoms with Crippen molar-refractivity contribution >= 4 is 29.3 Å². The Labute approximate surface area is 176 Å². The highest BCUT2D eigenvalue weighted by Crippen LogP contribution is 2.38. The van der Waals surface area contributed by atoms with Crippen LogP contribution in [0.4, 0.5) is 4.79 Å². The lowest BCUT2D eigenvalue weighted by molar-refractivity contribution is 0.0498. The van der Waals surface area contributed by atoms with Gasteiger partial charge in [0.1, 0.15) is 11.4 Å². The van der Waals surface area contributed by atoms with E-state index < -0.39 is 11.7 Å². The van der Waals surface area contributed by atoms with Crippen LogP contribution in [-0.4, -0.2) is 21.2 Å². The summed E-state index contributed by atoms with van der Waals surface area (Å²) in [5.41, 5.74) is 1.63. The van der Waals surface area contributed by atoms with Crippen molar-refractivity contribution in [3.8, 4) is 0 Å². The smallest absolute Gasteiger partial charge is 0.408 e. The van der Waals surface area contributed by atoms with Gasteiger partial charge in [-0.25, -0.2) is 9.78 Å². The van der Waals surface area contributed by atoms with Crippen LogP contribution in [0, 0.1) is 0 Å². The second kappa shape index (κ2) is 8.34. The third kappa shape index (κ3) is 4.64. The van der Waals surface area contributed by atoms with Crippen molar-refractivity contribution in [2.45, 2.75) is 71.1 Å². The highest BCUT2D eigenvalue weighted by atomic mass is 35.5. The minimum atomic E-state index is -0.546. The summed E-state index contributed by atoms with van der Waals surface area (Å²) in [5, 5.41) is 4.17. The van der Waals surface area contributed by atoms with Crippen LogP contribution in [-0.2, 0) is 17.7 Å². The third-order valence-electron chi connectivity index (χ3n) is 4.96. The van der Waals surface area contributed by atoms with E-state index in [1.165, 1.54) is 0 Å². The van der Waals surface area contributed by atoms with Crippen LogP contribution in [0.15, 0.2) is 24.4 Å². The molecule has 0 unspecified atom stereocenters. The average Bonchev–Trinajstić information content (AvgIpc) is 2.92. The first-order chi connectivity index (χ1) is 13.2. The van der Waals surface area contributed by atoms with Crippen LogP contribution in [0.1, 0.15) is 69.6 Å². The minimum absolute atomic E-state index is 0.190. The van der Waals surface area contributed by atoms with E-state index in [2.05, 4.69) is 21.8 Å². The molecule has 0 spiro atoms. The summed E-state index contributed by atoms with van der Waals surface area (Å²) in [6.07, 6.45) is 3.92. The number of hydrogen-bond acceptors (Lipinski definition) is 3. The maximum Gasteiger partial charge on any atom is 0.408 e. The van der Waals surface area contributed by atoms with Gasteiger partial charge < -0.3 is 14.6 Å². The standard InChI is InChI=1S/C21H27Cl2N3O2/c1-5-14-11-24-19-17(25-20(27)28-21(2,3)4)10-9-13(12-26(14)19)15-7-6-8-16(22)18(15)23/h6-8,11,13,17H,5,9-10,12H2,1-4H3,(H,25,27)/t13-,17-/m1/s1. The molecule has 0 aliphatic carbocycles. The van der Waals surface area contributed by atoms with Gasteiger partial charge in [-0.15, -0.1) is 0 Å². The molecule has 152 valence electrons. The number of nitrogens with one attached hydrogen (secondary N) is 1. The summed E-state index contributed by atoms with van der Waals surface area (Å²) >= 11 is 12.7. The molecule has 1 aliphatic rings. The topological polar surface area (TPSA) is 56.2 Å². The highest BCUT2D eigenvalue weighted by molar-refractivity contribution is 6.42. The average molecular weight is 424 g/mol. The van der Waals surface area contributed by atoms with Crippen molar-refractivity contribution in [3.05, 3.63) is 51.5 Å². The molecule has 1 N–H and O–H groups in total. The van der Waals surface area contributed by atoms with Gasteiger partial charge >= 0.3 is 6.09 Å². The van der Waals surface area contributed by atoms with Gasteiger partial charge in [0.15, 0.2) is 0 Å². The fourth-order valence-corrected chi connectivity index (χ4v) is 4.15. The van der Waals surface area contributed by atoms with Crippen LogP contribution in [0.25, 0.3) is 0 Å². The Morgan fingerprint density at radius 1 is 1.32 bits per heavy atom. The van der Waals surface area contributed by atoms with E-state index in [9.17, 15) is 4.79 Å². The molecule has 1 aromatic heterocycles. The Morgan fingerprint density at radius 3 is 2.75 bits per heavy atom. The fourth-order valence-electron chi connectivity index (χ4n) is 3.68. The number of benzene rings is 1. The Hall–Kier alpha value is -1.72. The Bertz CT molecular complexity index is 858. The van der Waals surface area contributed by atoms with Crippen molar-refractivity contribution in [2.75, 3.05) is 0 Å². The molecule has 0 bridgehead atoms. The van der Waals surface area contributed by atoms with E-state index in [0.29, 0.717) is 10.0 Å². The lowest BCUT2D eigenvalue weighted by Gasteiger charge is -2.23. The molecular formula is C21H27Cl2N3O2. The van der Waals surface area contributed by atoms with Gasteiger partial charge in [0, 0.05) is 24.4 Å². The number of carbonyl (C=O) groups is 1. The zero-order valence-corrected chi connectivity index (χ0v) is 18.3. The zero-order valence-electron chi connectivity index (χ0n) is 16.8. The molecule has 1 amide bonds. The van der Waals surface area contributed by atoms with E-state index in [4.69, 9.17) is 27.9 Å². The summed E-state index contributed by atoms with van der Waals surface area (Å²) in [7, 11) is 0. The summed E-state index contributed by atoms with van der Waals surface area (Å²) in [6, 6.07) is 5.55. The first kappa shape index (κ1) is 21.0. The second-order valence-corrected chi connectivity index (χ2v) is 8.97. The molecule has 0 saturated carbocycles. The van der Waals surface area contributed by atoms with E-state index in [1.807, 2.05) is 39.1 Å². The number of amides is 1. The molecule has 5 nitrogen and oxygen atoms in total. The van der Waals surface area contributed by atoms with Gasteiger partial charge in [-0.3, -0.25) is 0 Å². The predicted molar refractivity (Wildman–Crippen MR) is 112 cm³/mol. The number of halogens is 2. The van der Waals surface area contributed by atoms with Gasteiger partial charge in [-0.05, 0) is 51.7 Å². The second-order valence-electron chi connectivity index (χ2n) is 8.19. The van der Waals surface area contributed by atoms with Crippen LogP contribution in [0.2, 0.25) is 10.0 Å². The number of alkyl carbamates (subject to hydrolysis) is 1. The van der Waals surface area contributed by atoms with Gasteiger partial charge in [0.25, 0.3) is 0 Å². The number of fused-ring (bicyclic) bond motifs is 1. The van der Waals surface area contributed by atoms with Crippen LogP contribution in [0.5, 0.6) is 0 Å². The van der Waals surface area contributed by atoms with Crippen molar-refractivity contribution in [1.29, 1.82) is 0 Å². The molecule has 1 aliphatic heterocycles. The van der Waals surface area contributed by atoms with E-state index in [1.54, 1.807) is 6.07 Å². The van der Waals surface area contributed by atoms with Crippen LogP contribution in [0.3, 0.4) is 0 Å². The Balaban J connectivity index is 1.90. The van der Waals surface area contributed by atoms with Crippen molar-refractivity contribution in [1.82, 2.24) is 14.9 Å². The van der Waals surface area contributed by atoms with Gasteiger partial charge in [0.2, 0.25) is 0 Å². The van der Waals surface area contributed by atoms with Crippen molar-refractivity contribution < 1.29 is 9.53 Å². The summed E-state index contributed by atoms with van der Waals surface area (Å²) < 4.78 is 7.66. The minimum Gasteiger partial charge on any atom is -0.444 e. The molecule has 2 heterocycles. The number of aromatic nitrogens is 2. The molecule has 3 rings (SSSR count). The zero-order chi connectivity index (χ0) is 20.5. The normalized spacial score (nSPS) is 19.6. The maximum absolute atomic E-state index is 12.4. The van der Waals surface area contributed by atoms with Crippen molar-refractivity contribution in [3.63, 3.8) is 0 Å². The Morgan fingerprint density at radius 2 is 2.07 bits per heavy atom. The number of aryl methyl sites for hydroxylation is 1. The molecule has 1 aromatic carbocycles. The largest absolute Gasteiger partial charge is 0.444 e. The predicted octanol–water partition coefficient (Wildman–Crippen LogP) is 5.90. The maximum atomic E-state index is 12.4. The summed E-state index contributed by atoms with van der Waals surface area (Å²) in [5.74, 6) is 1.05. The number of carbonyl (C=O) groups excluding carboxylic acids is 1. The highest BCUT2D eigenvalue weighted by Gasteiger charge is 2.30. The SMILES string of the molecule is CCc1cnc2n1C[C@H](c1cccc(Cl)c1Cl)CC[C@H]2NC(=O)OC(C)(C)C. The molecular weight excluding hydrogens is 397 g/mol. The molecule has 0 radical (unpaired) electrons. The summed E-state index contributed by atoms with van der Waals surface area (Å²) in [6.45, 7) is 8.42. The molecule has 2 aromatic rings. The van der Waals surface area contributed by atoms with E-state index in [0.717, 1.165) is 42.9 Å². The molecule has 7 heteroatoms. The van der Waals surface area contributed by atoms with E-state index in [-0.39, 0.29) is 12.0 Å². The van der Waals surface area contributed by atoms with Crippen LogP contribution < -0.4 is 5.32 Å². The molecule has 2 atom stereocenters. The lowest BCUT2D eigenvalue weighted by atomic mass is 9.93. The number of hydrogen-bond donors (Lipinski definition) is 1. The summed E-state index contributed by atoms with van der Waals surface area (Å²) in [4.78, 5) is 17.0. The van der Waals surface area contributed by atoms with Gasteiger partial charge in [-0.2, -0.15) is 0 Å². The van der Waals surface area contributed by atoms with Gasteiger partial charge in [0.05, 0.1) is 16.1 Å². The monoisotopic (exact) mass is 423 g/mol. The van der Waals surface area contributed by atoms with Gasteiger partial charge in [-0.1, -0.05) is 42.3 Å². The Kier molecular flexibility index (Phi) is 6.25. The number of ether oxygens (including phenoxy) is 1. The number of nitrogens with zero attached hydrogens (tertiary/aromatic N) is 2. The first-order valence-corrected chi connectivity index (χ1v) is 10.4. The lowest BCUT2D eigenvalue weighted by Crippen LogP contribution is -2.35. The van der Waals surface area contributed by atoms with Crippen molar-refractivity contribution in [2.24, 2.45) is 0 Å². The molecule has 0 fully saturated rings. The number of imidazole rings is 1. The quantitative estimate of drug-likeness (QED) is 0.668. The molecule has 0 saturated heterocycles. The number of rotatable bonds is 3. The fraction of sp³-hybridized carbons (Fsp3) is 0.524. The van der Waals surface area contributed by atoms with Crippen LogP contribution >= 0.6 is 23.2 Å². The van der Waals surface area contributed by atoms with E-state index >= 15 is 0 Å². The first-order valence-electron chi connectivity index (χ1n) is 9.67.